The van der Waals surface area contributed by atoms with Crippen LogP contribution in [0.2, 0.25) is 0 Å². The van der Waals surface area contributed by atoms with Gasteiger partial charge in [-0.2, -0.15) is 0 Å². The second kappa shape index (κ2) is 9.96. The first-order valence-corrected chi connectivity index (χ1v) is 12.2. The van der Waals surface area contributed by atoms with Gasteiger partial charge in [-0.1, -0.05) is 37.3 Å². The molecule has 2 fully saturated rings. The van der Waals surface area contributed by atoms with E-state index in [4.69, 9.17) is 4.74 Å². The first-order valence-electron chi connectivity index (χ1n) is 11.4. The number of piperidine rings is 1. The fourth-order valence-corrected chi connectivity index (χ4v) is 5.88. The second-order valence-electron chi connectivity index (χ2n) is 8.83. The van der Waals surface area contributed by atoms with Gasteiger partial charge in [0.25, 0.3) is 0 Å². The van der Waals surface area contributed by atoms with Gasteiger partial charge in [-0.25, -0.2) is 4.79 Å². The van der Waals surface area contributed by atoms with E-state index in [1.165, 1.54) is 18.4 Å². The highest BCUT2D eigenvalue weighted by molar-refractivity contribution is 7.18. The van der Waals surface area contributed by atoms with Crippen molar-refractivity contribution in [1.82, 2.24) is 5.32 Å². The highest BCUT2D eigenvalue weighted by Gasteiger charge is 2.36. The zero-order valence-corrected chi connectivity index (χ0v) is 19.2. The number of benzene rings is 1. The lowest BCUT2D eigenvalue weighted by Gasteiger charge is -2.38. The molecular formula is C25H32N2O3S. The number of methoxy groups -OCH3 is 1. The van der Waals surface area contributed by atoms with E-state index in [1.807, 2.05) is 41.3 Å². The van der Waals surface area contributed by atoms with Gasteiger partial charge in [0.05, 0.1) is 12.8 Å². The Bertz CT molecular complexity index is 897. The molecule has 0 radical (unpaired) electrons. The van der Waals surface area contributed by atoms with Crippen molar-refractivity contribution in [2.75, 3.05) is 25.1 Å². The standard InChI is InChI=1S/C25H32N2O3S/c1-17-8-10-19(11-9-17)24(28)27(20-12-14-26-15-13-20)21-16-22(18-6-4-3-5-7-18)31-23(21)25(29)30-2/h3-7,16-17,19-20,26H,8-15H2,1-2H3/t17-,19-. The summed E-state index contributed by atoms with van der Waals surface area (Å²) in [6, 6.07) is 12.2. The van der Waals surface area contributed by atoms with E-state index in [2.05, 4.69) is 12.2 Å². The number of anilines is 1. The summed E-state index contributed by atoms with van der Waals surface area (Å²) in [4.78, 5) is 30.1. The van der Waals surface area contributed by atoms with Crippen LogP contribution in [0, 0.1) is 11.8 Å². The van der Waals surface area contributed by atoms with Crippen molar-refractivity contribution in [1.29, 1.82) is 0 Å². The van der Waals surface area contributed by atoms with Gasteiger partial charge in [-0.3, -0.25) is 4.79 Å². The summed E-state index contributed by atoms with van der Waals surface area (Å²) in [5.74, 6) is 0.539. The third kappa shape index (κ3) is 4.85. The maximum absolute atomic E-state index is 13.9. The van der Waals surface area contributed by atoms with Crippen LogP contribution in [0.15, 0.2) is 36.4 Å². The largest absolute Gasteiger partial charge is 0.465 e. The Morgan fingerprint density at radius 1 is 1.03 bits per heavy atom. The summed E-state index contributed by atoms with van der Waals surface area (Å²) in [6.45, 7) is 4.05. The summed E-state index contributed by atoms with van der Waals surface area (Å²) < 4.78 is 5.12. The highest BCUT2D eigenvalue weighted by Crippen LogP contribution is 2.41. The van der Waals surface area contributed by atoms with Crippen LogP contribution in [0.1, 0.15) is 55.1 Å². The molecule has 1 N–H and O–H groups in total. The van der Waals surface area contributed by atoms with Crippen molar-refractivity contribution in [3.8, 4) is 10.4 Å². The van der Waals surface area contributed by atoms with E-state index in [-0.39, 0.29) is 23.8 Å². The summed E-state index contributed by atoms with van der Waals surface area (Å²) in [5.41, 5.74) is 1.78. The van der Waals surface area contributed by atoms with Gasteiger partial charge < -0.3 is 15.0 Å². The minimum absolute atomic E-state index is 0.0386. The minimum atomic E-state index is -0.369. The van der Waals surface area contributed by atoms with E-state index in [9.17, 15) is 9.59 Å². The lowest BCUT2D eigenvalue weighted by Crippen LogP contribution is -2.49. The number of esters is 1. The molecule has 5 nitrogen and oxygen atoms in total. The minimum Gasteiger partial charge on any atom is -0.465 e. The summed E-state index contributed by atoms with van der Waals surface area (Å²) in [6.07, 6.45) is 5.85. The van der Waals surface area contributed by atoms with Crippen LogP contribution >= 0.6 is 11.3 Å². The van der Waals surface area contributed by atoms with Crippen molar-refractivity contribution >= 4 is 28.9 Å². The van der Waals surface area contributed by atoms with Crippen LogP contribution in [-0.2, 0) is 9.53 Å². The monoisotopic (exact) mass is 440 g/mol. The van der Waals surface area contributed by atoms with Gasteiger partial charge in [0.15, 0.2) is 0 Å². The summed E-state index contributed by atoms with van der Waals surface area (Å²) >= 11 is 1.42. The molecule has 1 amide bonds. The maximum Gasteiger partial charge on any atom is 0.350 e. The van der Waals surface area contributed by atoms with Crippen LogP contribution in [0.3, 0.4) is 0 Å². The molecule has 0 bridgehead atoms. The topological polar surface area (TPSA) is 58.6 Å². The van der Waals surface area contributed by atoms with E-state index in [1.54, 1.807) is 0 Å². The Balaban J connectivity index is 1.75. The number of carbonyl (C=O) groups is 2. The van der Waals surface area contributed by atoms with E-state index < -0.39 is 0 Å². The van der Waals surface area contributed by atoms with Crippen molar-refractivity contribution in [2.45, 2.75) is 51.5 Å². The number of carbonyl (C=O) groups excluding carboxylic acids is 2. The van der Waals surface area contributed by atoms with Crippen LogP contribution in [0.5, 0.6) is 0 Å². The quantitative estimate of drug-likeness (QED) is 0.656. The normalized spacial score (nSPS) is 22.1. The smallest absolute Gasteiger partial charge is 0.350 e. The van der Waals surface area contributed by atoms with Crippen LogP contribution < -0.4 is 10.2 Å². The number of nitrogens with one attached hydrogen (secondary N) is 1. The number of rotatable bonds is 5. The molecule has 0 spiro atoms. The van der Waals surface area contributed by atoms with Crippen molar-refractivity contribution in [3.05, 3.63) is 41.3 Å². The van der Waals surface area contributed by atoms with E-state index >= 15 is 0 Å². The molecule has 1 saturated heterocycles. The predicted molar refractivity (Wildman–Crippen MR) is 126 cm³/mol. The van der Waals surface area contributed by atoms with Gasteiger partial charge in [0.2, 0.25) is 5.91 Å². The van der Waals surface area contributed by atoms with Gasteiger partial charge in [0.1, 0.15) is 4.88 Å². The molecule has 4 rings (SSSR count). The first kappa shape index (κ1) is 22.0. The molecule has 2 aromatic rings. The SMILES string of the molecule is COC(=O)c1sc(-c2ccccc2)cc1N(C(=O)[C@H]1CC[C@H](C)CC1)C1CCNCC1. The molecule has 1 aromatic heterocycles. The maximum atomic E-state index is 13.9. The molecule has 6 heteroatoms. The molecule has 166 valence electrons. The van der Waals surface area contributed by atoms with Crippen LogP contribution in [-0.4, -0.2) is 38.1 Å². The Kier molecular flexibility index (Phi) is 7.08. The zero-order valence-electron chi connectivity index (χ0n) is 18.4. The molecule has 1 aromatic carbocycles. The molecular weight excluding hydrogens is 408 g/mol. The second-order valence-corrected chi connectivity index (χ2v) is 9.88. The lowest BCUT2D eigenvalue weighted by molar-refractivity contribution is -0.124. The number of amides is 1. The summed E-state index contributed by atoms with van der Waals surface area (Å²) in [5, 5.41) is 3.40. The Hall–Kier alpha value is -2.18. The zero-order chi connectivity index (χ0) is 21.8. The first-order chi connectivity index (χ1) is 15.1. The molecule has 1 aliphatic carbocycles. The van der Waals surface area contributed by atoms with Gasteiger partial charge in [-0.15, -0.1) is 11.3 Å². The molecule has 0 atom stereocenters. The average Bonchev–Trinajstić information content (AvgIpc) is 3.25. The van der Waals surface area contributed by atoms with Crippen molar-refractivity contribution in [3.63, 3.8) is 0 Å². The Morgan fingerprint density at radius 3 is 2.35 bits per heavy atom. The molecule has 1 aliphatic heterocycles. The fourth-order valence-electron chi connectivity index (χ4n) is 4.81. The number of ether oxygens (including phenoxy) is 1. The van der Waals surface area contributed by atoms with Crippen LogP contribution in [0.4, 0.5) is 5.69 Å². The molecule has 2 aliphatic rings. The molecule has 31 heavy (non-hydrogen) atoms. The van der Waals surface area contributed by atoms with Gasteiger partial charge in [0, 0.05) is 16.8 Å². The lowest BCUT2D eigenvalue weighted by atomic mass is 9.82. The average molecular weight is 441 g/mol. The number of thiophene rings is 1. The third-order valence-corrected chi connectivity index (χ3v) is 7.83. The Morgan fingerprint density at radius 2 is 1.71 bits per heavy atom. The molecule has 2 heterocycles. The van der Waals surface area contributed by atoms with Crippen molar-refractivity contribution < 1.29 is 14.3 Å². The number of hydrogen-bond donors (Lipinski definition) is 1. The summed E-state index contributed by atoms with van der Waals surface area (Å²) in [7, 11) is 1.41. The van der Waals surface area contributed by atoms with E-state index in [0.29, 0.717) is 10.8 Å². The van der Waals surface area contributed by atoms with Crippen molar-refractivity contribution in [2.24, 2.45) is 11.8 Å². The Labute approximate surface area is 188 Å². The highest BCUT2D eigenvalue weighted by atomic mass is 32.1. The van der Waals surface area contributed by atoms with Gasteiger partial charge >= 0.3 is 5.97 Å². The van der Waals surface area contributed by atoms with Crippen LogP contribution in [0.25, 0.3) is 10.4 Å². The molecule has 1 saturated carbocycles. The number of nitrogens with zero attached hydrogens (tertiary/aromatic N) is 1. The van der Waals surface area contributed by atoms with Gasteiger partial charge in [-0.05, 0) is 69.2 Å². The number of hydrogen-bond acceptors (Lipinski definition) is 5. The predicted octanol–water partition coefficient (Wildman–Crippen LogP) is 5.11. The fraction of sp³-hybridized carbons (Fsp3) is 0.520. The molecule has 0 unspecified atom stereocenters. The third-order valence-electron chi connectivity index (χ3n) is 6.68. The van der Waals surface area contributed by atoms with E-state index in [0.717, 1.165) is 67.7 Å².